The minimum atomic E-state index is -0.247. The molecule has 1 saturated heterocycles. The third-order valence-corrected chi connectivity index (χ3v) is 5.22. The van der Waals surface area contributed by atoms with E-state index in [4.69, 9.17) is 10.3 Å². The maximum atomic E-state index is 12.0. The maximum absolute atomic E-state index is 12.0. The van der Waals surface area contributed by atoms with Crippen LogP contribution < -0.4 is 5.73 Å². The van der Waals surface area contributed by atoms with E-state index >= 15 is 0 Å². The van der Waals surface area contributed by atoms with Gasteiger partial charge in [0.25, 0.3) is 0 Å². The van der Waals surface area contributed by atoms with E-state index in [-0.39, 0.29) is 17.7 Å². The van der Waals surface area contributed by atoms with Crippen LogP contribution in [0.15, 0.2) is 10.7 Å². The van der Waals surface area contributed by atoms with Crippen LogP contribution in [0.1, 0.15) is 41.1 Å². The molecule has 3 rings (SSSR count). The molecule has 0 aliphatic carbocycles. The van der Waals surface area contributed by atoms with Crippen LogP contribution in [0, 0.1) is 19.8 Å². The highest BCUT2D eigenvalue weighted by Crippen LogP contribution is 2.35. The van der Waals surface area contributed by atoms with Crippen LogP contribution in [0.4, 0.5) is 0 Å². The fourth-order valence-corrected chi connectivity index (χ4v) is 3.64. The first-order chi connectivity index (χ1) is 11.4. The van der Waals surface area contributed by atoms with Crippen LogP contribution in [-0.4, -0.2) is 38.8 Å². The smallest absolute Gasteiger partial charge is 0.222 e. The summed E-state index contributed by atoms with van der Waals surface area (Å²) < 4.78 is 7.17. The molecule has 0 unspecified atom stereocenters. The molecule has 2 aromatic heterocycles. The van der Waals surface area contributed by atoms with Crippen LogP contribution in [0.5, 0.6) is 0 Å². The standard InChI is InChI=1S/C17H25N5O2/c1-5-16-13(11(3)24-20-16)7-22-8-14(15(9-22)17(18)23)12-6-19-21(4)10(12)2/h6,14-15H,5,7-9H2,1-4H3,(H2,18,23)/t14-,15+/m1/s1. The normalized spacial score (nSPS) is 21.5. The first-order valence-electron chi connectivity index (χ1n) is 8.36. The summed E-state index contributed by atoms with van der Waals surface area (Å²) in [6.45, 7) is 8.21. The number of aromatic nitrogens is 3. The molecule has 24 heavy (non-hydrogen) atoms. The Morgan fingerprint density at radius 1 is 1.42 bits per heavy atom. The molecular weight excluding hydrogens is 306 g/mol. The number of hydrogen-bond donors (Lipinski definition) is 1. The van der Waals surface area contributed by atoms with Crippen molar-refractivity contribution in [1.29, 1.82) is 0 Å². The topological polar surface area (TPSA) is 90.2 Å². The molecule has 0 saturated carbocycles. The third kappa shape index (κ3) is 2.84. The summed E-state index contributed by atoms with van der Waals surface area (Å²) in [5, 5.41) is 8.44. The van der Waals surface area contributed by atoms with Gasteiger partial charge >= 0.3 is 0 Å². The molecular formula is C17H25N5O2. The molecule has 1 aliphatic heterocycles. The third-order valence-electron chi connectivity index (χ3n) is 5.22. The minimum Gasteiger partial charge on any atom is -0.369 e. The van der Waals surface area contributed by atoms with E-state index < -0.39 is 0 Å². The van der Waals surface area contributed by atoms with Crippen LogP contribution in [-0.2, 0) is 24.8 Å². The van der Waals surface area contributed by atoms with Crippen LogP contribution >= 0.6 is 0 Å². The zero-order valence-corrected chi connectivity index (χ0v) is 14.7. The zero-order valence-electron chi connectivity index (χ0n) is 14.7. The summed E-state index contributed by atoms with van der Waals surface area (Å²) in [5.41, 5.74) is 10.00. The van der Waals surface area contributed by atoms with E-state index in [1.54, 1.807) is 0 Å². The molecule has 7 heteroatoms. The SMILES string of the molecule is CCc1noc(C)c1CN1C[C@H](C(N)=O)[C@@H](c2cnn(C)c2C)C1. The van der Waals surface area contributed by atoms with Crippen molar-refractivity contribution in [3.63, 3.8) is 0 Å². The molecule has 2 aromatic rings. The number of hydrogen-bond acceptors (Lipinski definition) is 5. The molecule has 1 aliphatic rings. The summed E-state index contributed by atoms with van der Waals surface area (Å²) in [6.07, 6.45) is 2.70. The molecule has 0 radical (unpaired) electrons. The summed E-state index contributed by atoms with van der Waals surface area (Å²) in [5.74, 6) is 0.492. The highest BCUT2D eigenvalue weighted by Gasteiger charge is 2.39. The average Bonchev–Trinajstić information content (AvgIpc) is 3.20. The Balaban J connectivity index is 1.84. The predicted octanol–water partition coefficient (Wildman–Crippen LogP) is 1.29. The molecule has 130 valence electrons. The van der Waals surface area contributed by atoms with Gasteiger partial charge in [0.15, 0.2) is 0 Å². The van der Waals surface area contributed by atoms with Crippen molar-refractivity contribution in [1.82, 2.24) is 19.8 Å². The summed E-state index contributed by atoms with van der Waals surface area (Å²) in [6, 6.07) is 0. The number of nitrogens with two attached hydrogens (primary N) is 1. The molecule has 0 spiro atoms. The molecule has 7 nitrogen and oxygen atoms in total. The lowest BCUT2D eigenvalue weighted by molar-refractivity contribution is -0.121. The van der Waals surface area contributed by atoms with E-state index in [0.717, 1.165) is 47.8 Å². The summed E-state index contributed by atoms with van der Waals surface area (Å²) >= 11 is 0. The van der Waals surface area contributed by atoms with Crippen molar-refractivity contribution in [2.75, 3.05) is 13.1 Å². The first-order valence-corrected chi connectivity index (χ1v) is 8.36. The second kappa shape index (κ2) is 6.39. The number of rotatable bonds is 5. The number of aryl methyl sites for hydroxylation is 3. The number of carbonyl (C=O) groups excluding carboxylic acids is 1. The van der Waals surface area contributed by atoms with Gasteiger partial charge in [0.2, 0.25) is 5.91 Å². The van der Waals surface area contributed by atoms with Crippen LogP contribution in [0.2, 0.25) is 0 Å². The quantitative estimate of drug-likeness (QED) is 0.891. The van der Waals surface area contributed by atoms with Crippen LogP contribution in [0.25, 0.3) is 0 Å². The molecule has 0 aromatic carbocycles. The van der Waals surface area contributed by atoms with Crippen molar-refractivity contribution in [2.24, 2.45) is 18.7 Å². The Labute approximate surface area is 141 Å². The number of primary amides is 1. The largest absolute Gasteiger partial charge is 0.369 e. The predicted molar refractivity (Wildman–Crippen MR) is 89.3 cm³/mol. The van der Waals surface area contributed by atoms with E-state index in [1.165, 1.54) is 0 Å². The zero-order chi connectivity index (χ0) is 17.4. The van der Waals surface area contributed by atoms with Gasteiger partial charge in [-0.25, -0.2) is 0 Å². The van der Waals surface area contributed by atoms with Gasteiger partial charge in [0.05, 0.1) is 17.8 Å². The van der Waals surface area contributed by atoms with Crippen molar-refractivity contribution in [2.45, 2.75) is 39.7 Å². The molecule has 1 fully saturated rings. The van der Waals surface area contributed by atoms with Crippen molar-refractivity contribution >= 4 is 5.91 Å². The van der Waals surface area contributed by atoms with Gasteiger partial charge < -0.3 is 10.3 Å². The Bertz CT molecular complexity index is 748. The van der Waals surface area contributed by atoms with E-state index in [1.807, 2.05) is 31.8 Å². The van der Waals surface area contributed by atoms with Crippen LogP contribution in [0.3, 0.4) is 0 Å². The minimum absolute atomic E-state index is 0.0847. The second-order valence-electron chi connectivity index (χ2n) is 6.64. The van der Waals surface area contributed by atoms with Crippen molar-refractivity contribution < 1.29 is 9.32 Å². The highest BCUT2D eigenvalue weighted by molar-refractivity contribution is 5.78. The molecule has 2 atom stereocenters. The molecule has 1 amide bonds. The molecule has 0 bridgehead atoms. The lowest BCUT2D eigenvalue weighted by Crippen LogP contribution is -2.29. The fraction of sp³-hybridized carbons (Fsp3) is 0.588. The van der Waals surface area contributed by atoms with Gasteiger partial charge in [-0.15, -0.1) is 0 Å². The number of nitrogens with zero attached hydrogens (tertiary/aromatic N) is 4. The van der Waals surface area contributed by atoms with Gasteiger partial charge in [-0.3, -0.25) is 14.4 Å². The monoisotopic (exact) mass is 331 g/mol. The van der Waals surface area contributed by atoms with Gasteiger partial charge in [-0.2, -0.15) is 5.10 Å². The summed E-state index contributed by atoms with van der Waals surface area (Å²) in [7, 11) is 1.92. The molecule has 3 heterocycles. The fourth-order valence-electron chi connectivity index (χ4n) is 3.64. The van der Waals surface area contributed by atoms with Gasteiger partial charge in [0, 0.05) is 43.9 Å². The average molecular weight is 331 g/mol. The van der Waals surface area contributed by atoms with Crippen molar-refractivity contribution in [3.05, 3.63) is 34.5 Å². The van der Waals surface area contributed by atoms with E-state index in [9.17, 15) is 4.79 Å². The lowest BCUT2D eigenvalue weighted by Gasteiger charge is -2.16. The first kappa shape index (κ1) is 16.7. The Morgan fingerprint density at radius 3 is 2.75 bits per heavy atom. The Kier molecular flexibility index (Phi) is 4.45. The number of amides is 1. The van der Waals surface area contributed by atoms with E-state index in [2.05, 4.69) is 22.1 Å². The van der Waals surface area contributed by atoms with Gasteiger partial charge in [0.1, 0.15) is 5.76 Å². The summed E-state index contributed by atoms with van der Waals surface area (Å²) in [4.78, 5) is 14.2. The van der Waals surface area contributed by atoms with Gasteiger partial charge in [-0.05, 0) is 25.8 Å². The van der Waals surface area contributed by atoms with Crippen molar-refractivity contribution in [3.8, 4) is 0 Å². The maximum Gasteiger partial charge on any atom is 0.222 e. The Hall–Kier alpha value is -2.15. The van der Waals surface area contributed by atoms with E-state index in [0.29, 0.717) is 6.54 Å². The number of likely N-dealkylation sites (tertiary alicyclic amines) is 1. The highest BCUT2D eigenvalue weighted by atomic mass is 16.5. The second-order valence-corrected chi connectivity index (χ2v) is 6.64. The lowest BCUT2D eigenvalue weighted by atomic mass is 9.89. The molecule has 2 N–H and O–H groups in total. The van der Waals surface area contributed by atoms with Gasteiger partial charge in [-0.1, -0.05) is 12.1 Å². The number of carbonyl (C=O) groups is 1. The Morgan fingerprint density at radius 2 is 2.17 bits per heavy atom.